The lowest BCUT2D eigenvalue weighted by Gasteiger charge is -2.08. The van der Waals surface area contributed by atoms with E-state index in [9.17, 15) is 22.4 Å². The van der Waals surface area contributed by atoms with Crippen molar-refractivity contribution in [2.75, 3.05) is 0 Å². The number of hydrogen-bond donors (Lipinski definition) is 1. The predicted molar refractivity (Wildman–Crippen MR) is 71.6 cm³/mol. The van der Waals surface area contributed by atoms with Gasteiger partial charge in [0.1, 0.15) is 28.8 Å². The van der Waals surface area contributed by atoms with Gasteiger partial charge in [0.2, 0.25) is 0 Å². The Kier molecular flexibility index (Phi) is 4.62. The third-order valence-electron chi connectivity index (χ3n) is 2.69. The maximum Gasteiger partial charge on any atom is 0.257 e. The highest BCUT2D eigenvalue weighted by Gasteiger charge is 2.18. The minimum Gasteiger partial charge on any atom is -0.348 e. The topological polar surface area (TPSA) is 29.1 Å². The summed E-state index contributed by atoms with van der Waals surface area (Å²) in [5, 5.41) is 2.18. The van der Waals surface area contributed by atoms with Crippen molar-refractivity contribution in [3.05, 3.63) is 69.2 Å². The van der Waals surface area contributed by atoms with E-state index in [0.29, 0.717) is 6.07 Å². The Morgan fingerprint density at radius 1 is 1.00 bits per heavy atom. The summed E-state index contributed by atoms with van der Waals surface area (Å²) in [6, 6.07) is 4.69. The molecule has 0 spiro atoms. The van der Waals surface area contributed by atoms with E-state index in [1.165, 1.54) is 0 Å². The highest BCUT2D eigenvalue weighted by Crippen LogP contribution is 2.19. The average Bonchev–Trinajstić information content (AvgIpc) is 2.36. The SMILES string of the molecule is O=C(NCc1ccc(F)cc1F)c1c(F)cc(Br)cc1F. The van der Waals surface area contributed by atoms with E-state index >= 15 is 0 Å². The van der Waals surface area contributed by atoms with E-state index in [2.05, 4.69) is 21.2 Å². The molecular formula is C14H8BrF4NO. The van der Waals surface area contributed by atoms with Gasteiger partial charge in [0.25, 0.3) is 5.91 Å². The molecule has 0 unspecified atom stereocenters. The summed E-state index contributed by atoms with van der Waals surface area (Å²) in [6.45, 7) is -0.320. The van der Waals surface area contributed by atoms with Crippen molar-refractivity contribution in [3.8, 4) is 0 Å². The second-order valence-electron chi connectivity index (χ2n) is 4.16. The number of carbonyl (C=O) groups excluding carboxylic acids is 1. The van der Waals surface area contributed by atoms with Gasteiger partial charge in [0, 0.05) is 22.6 Å². The number of rotatable bonds is 3. The van der Waals surface area contributed by atoms with Crippen molar-refractivity contribution in [2.45, 2.75) is 6.54 Å². The lowest BCUT2D eigenvalue weighted by atomic mass is 10.1. The normalized spacial score (nSPS) is 10.5. The Morgan fingerprint density at radius 2 is 1.62 bits per heavy atom. The van der Waals surface area contributed by atoms with Gasteiger partial charge in [-0.25, -0.2) is 17.6 Å². The van der Waals surface area contributed by atoms with E-state index in [0.717, 1.165) is 24.3 Å². The zero-order valence-corrected chi connectivity index (χ0v) is 12.0. The average molecular weight is 362 g/mol. The fourth-order valence-electron chi connectivity index (χ4n) is 1.69. The predicted octanol–water partition coefficient (Wildman–Crippen LogP) is 3.94. The molecule has 0 aliphatic rings. The second kappa shape index (κ2) is 6.26. The summed E-state index contributed by atoms with van der Waals surface area (Å²) in [6.07, 6.45) is 0. The summed E-state index contributed by atoms with van der Waals surface area (Å²) < 4.78 is 53.4. The molecule has 110 valence electrons. The molecule has 0 saturated carbocycles. The van der Waals surface area contributed by atoms with Crippen LogP contribution in [0, 0.1) is 23.3 Å². The summed E-state index contributed by atoms with van der Waals surface area (Å²) in [5.41, 5.74) is -0.761. The lowest BCUT2D eigenvalue weighted by molar-refractivity contribution is 0.0942. The van der Waals surface area contributed by atoms with Crippen molar-refractivity contribution < 1.29 is 22.4 Å². The Morgan fingerprint density at radius 3 is 2.19 bits per heavy atom. The standard InChI is InChI=1S/C14H8BrF4NO/c15-8-3-11(18)13(12(19)4-8)14(21)20-6-7-1-2-9(16)5-10(7)17/h1-5H,6H2,(H,20,21). The van der Waals surface area contributed by atoms with Crippen LogP contribution in [0.2, 0.25) is 0 Å². The summed E-state index contributed by atoms with van der Waals surface area (Å²) in [4.78, 5) is 11.7. The van der Waals surface area contributed by atoms with Crippen LogP contribution >= 0.6 is 15.9 Å². The first kappa shape index (κ1) is 15.5. The first-order chi connectivity index (χ1) is 9.88. The molecule has 0 aliphatic carbocycles. The minimum atomic E-state index is -1.04. The van der Waals surface area contributed by atoms with Crippen molar-refractivity contribution in [3.63, 3.8) is 0 Å². The highest BCUT2D eigenvalue weighted by atomic mass is 79.9. The second-order valence-corrected chi connectivity index (χ2v) is 5.08. The van der Waals surface area contributed by atoms with Gasteiger partial charge in [0.05, 0.1) is 0 Å². The molecule has 0 aliphatic heterocycles. The largest absolute Gasteiger partial charge is 0.348 e. The molecule has 7 heteroatoms. The lowest BCUT2D eigenvalue weighted by Crippen LogP contribution is -2.25. The van der Waals surface area contributed by atoms with Gasteiger partial charge in [-0.15, -0.1) is 0 Å². The quantitative estimate of drug-likeness (QED) is 0.824. The molecule has 0 heterocycles. The first-order valence-electron chi connectivity index (χ1n) is 5.75. The summed E-state index contributed by atoms with van der Waals surface area (Å²) in [7, 11) is 0. The van der Waals surface area contributed by atoms with Crippen molar-refractivity contribution in [2.24, 2.45) is 0 Å². The van der Waals surface area contributed by atoms with Crippen molar-refractivity contribution >= 4 is 21.8 Å². The van der Waals surface area contributed by atoms with Crippen molar-refractivity contribution in [1.29, 1.82) is 0 Å². The number of amides is 1. The molecule has 0 bridgehead atoms. The van der Waals surface area contributed by atoms with Gasteiger partial charge in [-0.1, -0.05) is 22.0 Å². The molecule has 1 N–H and O–H groups in total. The Labute approximate surface area is 125 Å². The van der Waals surface area contributed by atoms with Crippen LogP contribution in [-0.2, 0) is 6.54 Å². The fourth-order valence-corrected chi connectivity index (χ4v) is 2.09. The molecule has 2 aromatic rings. The molecular weight excluding hydrogens is 354 g/mol. The first-order valence-corrected chi connectivity index (χ1v) is 6.54. The molecule has 0 atom stereocenters. The van der Waals surface area contributed by atoms with Gasteiger partial charge in [-0.2, -0.15) is 0 Å². The zero-order valence-electron chi connectivity index (χ0n) is 10.4. The summed E-state index contributed by atoms with van der Waals surface area (Å²) in [5.74, 6) is -4.72. The number of nitrogens with one attached hydrogen (secondary N) is 1. The van der Waals surface area contributed by atoms with Crippen LogP contribution in [0.5, 0.6) is 0 Å². The van der Waals surface area contributed by atoms with E-state index < -0.39 is 34.7 Å². The van der Waals surface area contributed by atoms with Crippen LogP contribution in [0.1, 0.15) is 15.9 Å². The molecule has 2 nitrogen and oxygen atoms in total. The molecule has 21 heavy (non-hydrogen) atoms. The Bertz CT molecular complexity index is 682. The van der Waals surface area contributed by atoms with Crippen LogP contribution < -0.4 is 5.32 Å². The number of carbonyl (C=O) groups is 1. The molecule has 1 amide bonds. The van der Waals surface area contributed by atoms with E-state index in [-0.39, 0.29) is 16.6 Å². The molecule has 0 fully saturated rings. The maximum atomic E-state index is 13.6. The van der Waals surface area contributed by atoms with Crippen LogP contribution in [-0.4, -0.2) is 5.91 Å². The number of halogens is 5. The monoisotopic (exact) mass is 361 g/mol. The Balaban J connectivity index is 2.16. The molecule has 0 radical (unpaired) electrons. The molecule has 0 aromatic heterocycles. The Hall–Kier alpha value is -1.89. The maximum absolute atomic E-state index is 13.6. The van der Waals surface area contributed by atoms with E-state index in [1.807, 2.05) is 0 Å². The third kappa shape index (κ3) is 3.60. The minimum absolute atomic E-state index is 0.00248. The fraction of sp³-hybridized carbons (Fsp3) is 0.0714. The van der Waals surface area contributed by atoms with Gasteiger partial charge in [0.15, 0.2) is 0 Å². The molecule has 2 aromatic carbocycles. The van der Waals surface area contributed by atoms with Crippen molar-refractivity contribution in [1.82, 2.24) is 5.32 Å². The zero-order chi connectivity index (χ0) is 15.6. The highest BCUT2D eigenvalue weighted by molar-refractivity contribution is 9.10. The number of benzene rings is 2. The summed E-state index contributed by atoms with van der Waals surface area (Å²) >= 11 is 2.89. The van der Waals surface area contributed by atoms with Gasteiger partial charge < -0.3 is 5.32 Å². The van der Waals surface area contributed by atoms with Gasteiger partial charge in [-0.3, -0.25) is 4.79 Å². The van der Waals surface area contributed by atoms with Gasteiger partial charge in [-0.05, 0) is 18.2 Å². The smallest absolute Gasteiger partial charge is 0.257 e. The molecule has 0 saturated heterocycles. The molecule has 2 rings (SSSR count). The van der Waals surface area contributed by atoms with Crippen LogP contribution in [0.25, 0.3) is 0 Å². The van der Waals surface area contributed by atoms with E-state index in [1.54, 1.807) is 0 Å². The van der Waals surface area contributed by atoms with E-state index in [4.69, 9.17) is 0 Å². The third-order valence-corrected chi connectivity index (χ3v) is 3.15. The van der Waals surface area contributed by atoms with Crippen LogP contribution in [0.3, 0.4) is 0 Å². The van der Waals surface area contributed by atoms with Crippen LogP contribution in [0.4, 0.5) is 17.6 Å². The van der Waals surface area contributed by atoms with Gasteiger partial charge >= 0.3 is 0 Å². The number of hydrogen-bond acceptors (Lipinski definition) is 1. The van der Waals surface area contributed by atoms with Crippen LogP contribution in [0.15, 0.2) is 34.8 Å².